The first-order valence-corrected chi connectivity index (χ1v) is 4.80. The summed E-state index contributed by atoms with van der Waals surface area (Å²) in [5.74, 6) is 4.95. The monoisotopic (exact) mass is 196 g/mol. The minimum absolute atomic E-state index is 0.147. The molecule has 0 aromatic rings. The maximum absolute atomic E-state index is 10.7. The van der Waals surface area contributed by atoms with Crippen molar-refractivity contribution in [1.82, 2.24) is 0 Å². The number of hydrogen-bond donors (Lipinski definition) is 0. The van der Waals surface area contributed by atoms with E-state index in [9.17, 15) is 9.59 Å². The summed E-state index contributed by atoms with van der Waals surface area (Å²) in [4.78, 5) is 20.5. The second-order valence-corrected chi connectivity index (χ2v) is 2.93. The lowest BCUT2D eigenvalue weighted by atomic mass is 10.1. The molecule has 0 aliphatic carbocycles. The van der Waals surface area contributed by atoms with Gasteiger partial charge in [-0.1, -0.05) is 18.8 Å². The average molecular weight is 196 g/mol. The number of ether oxygens (including phenoxy) is 1. The van der Waals surface area contributed by atoms with E-state index in [1.165, 1.54) is 7.11 Å². The summed E-state index contributed by atoms with van der Waals surface area (Å²) >= 11 is 0. The minimum atomic E-state index is -0.147. The van der Waals surface area contributed by atoms with Crippen LogP contribution in [-0.4, -0.2) is 19.4 Å². The van der Waals surface area contributed by atoms with Crippen LogP contribution in [0.3, 0.4) is 0 Å². The van der Waals surface area contributed by atoms with Crippen molar-refractivity contribution in [2.45, 2.75) is 38.5 Å². The first kappa shape index (κ1) is 12.7. The average Bonchev–Trinajstić information content (AvgIpc) is 2.21. The van der Waals surface area contributed by atoms with Crippen LogP contribution in [0, 0.1) is 11.8 Å². The second-order valence-electron chi connectivity index (χ2n) is 2.93. The smallest absolute Gasteiger partial charge is 0.305 e. The van der Waals surface area contributed by atoms with Gasteiger partial charge < -0.3 is 4.74 Å². The van der Waals surface area contributed by atoms with Crippen molar-refractivity contribution in [2.24, 2.45) is 0 Å². The van der Waals surface area contributed by atoms with Crippen molar-refractivity contribution < 1.29 is 14.3 Å². The highest BCUT2D eigenvalue weighted by Crippen LogP contribution is 2.05. The lowest BCUT2D eigenvalue weighted by molar-refractivity contribution is -0.140. The van der Waals surface area contributed by atoms with Crippen LogP contribution in [0.5, 0.6) is 0 Å². The van der Waals surface area contributed by atoms with E-state index in [-0.39, 0.29) is 5.97 Å². The van der Waals surface area contributed by atoms with E-state index in [2.05, 4.69) is 16.6 Å². The Bertz CT molecular complexity index is 222. The fourth-order valence-corrected chi connectivity index (χ4v) is 1.05. The molecule has 0 rings (SSSR count). The molecule has 0 aliphatic heterocycles. The van der Waals surface area contributed by atoms with E-state index in [0.29, 0.717) is 12.7 Å². The fourth-order valence-electron chi connectivity index (χ4n) is 1.05. The van der Waals surface area contributed by atoms with Gasteiger partial charge in [0.2, 0.25) is 0 Å². The second kappa shape index (κ2) is 9.79. The van der Waals surface area contributed by atoms with Crippen molar-refractivity contribution in [3.05, 3.63) is 0 Å². The van der Waals surface area contributed by atoms with E-state index in [0.717, 1.165) is 32.1 Å². The summed E-state index contributed by atoms with van der Waals surface area (Å²) in [6.45, 7) is 0. The maximum atomic E-state index is 10.7. The van der Waals surface area contributed by atoms with Crippen LogP contribution in [0.25, 0.3) is 0 Å². The molecule has 0 bridgehead atoms. The molecule has 78 valence electrons. The zero-order valence-electron chi connectivity index (χ0n) is 8.54. The maximum Gasteiger partial charge on any atom is 0.305 e. The number of carbonyl (C=O) groups excluding carboxylic acids is 2. The zero-order chi connectivity index (χ0) is 10.6. The number of hydrogen-bond acceptors (Lipinski definition) is 3. The molecule has 0 heterocycles. The molecule has 3 heteroatoms. The number of methoxy groups -OCH3 is 1. The van der Waals surface area contributed by atoms with Gasteiger partial charge in [0.05, 0.1) is 7.11 Å². The van der Waals surface area contributed by atoms with Gasteiger partial charge >= 0.3 is 5.97 Å². The van der Waals surface area contributed by atoms with Crippen LogP contribution in [0.1, 0.15) is 38.5 Å². The number of unbranched alkanes of at least 4 members (excludes halogenated alkanes) is 4. The summed E-state index contributed by atoms with van der Waals surface area (Å²) in [6.07, 6.45) is 5.78. The molecule has 0 spiro atoms. The first-order valence-electron chi connectivity index (χ1n) is 4.80. The van der Waals surface area contributed by atoms with Crippen LogP contribution in [0.15, 0.2) is 0 Å². The van der Waals surface area contributed by atoms with Gasteiger partial charge in [-0.3, -0.25) is 9.59 Å². The number of aldehydes is 1. The number of carbonyl (C=O) groups is 2. The molecule has 0 aromatic carbocycles. The van der Waals surface area contributed by atoms with Crippen molar-refractivity contribution in [1.29, 1.82) is 0 Å². The Hall–Kier alpha value is -1.30. The third-order valence-corrected chi connectivity index (χ3v) is 1.82. The number of rotatable bonds is 6. The van der Waals surface area contributed by atoms with Crippen LogP contribution >= 0.6 is 0 Å². The van der Waals surface area contributed by atoms with Gasteiger partial charge in [-0.05, 0) is 18.8 Å². The Morgan fingerprint density at radius 1 is 1.29 bits per heavy atom. The van der Waals surface area contributed by atoms with Crippen molar-refractivity contribution in [3.63, 3.8) is 0 Å². The van der Waals surface area contributed by atoms with Crippen LogP contribution in [-0.2, 0) is 14.3 Å². The highest BCUT2D eigenvalue weighted by Gasteiger charge is 1.98. The first-order chi connectivity index (χ1) is 6.81. The van der Waals surface area contributed by atoms with E-state index >= 15 is 0 Å². The largest absolute Gasteiger partial charge is 0.469 e. The SMILES string of the molecule is COC(=O)CCCCCCC#CC=O. The van der Waals surface area contributed by atoms with E-state index in [4.69, 9.17) is 0 Å². The molecule has 3 nitrogen and oxygen atoms in total. The quantitative estimate of drug-likeness (QED) is 0.281. The van der Waals surface area contributed by atoms with Gasteiger partial charge in [0.25, 0.3) is 0 Å². The van der Waals surface area contributed by atoms with Crippen LogP contribution in [0.4, 0.5) is 0 Å². The molecule has 0 fully saturated rings. The third-order valence-electron chi connectivity index (χ3n) is 1.82. The molecular weight excluding hydrogens is 180 g/mol. The Morgan fingerprint density at radius 2 is 2.00 bits per heavy atom. The summed E-state index contributed by atoms with van der Waals surface area (Å²) < 4.78 is 4.51. The Morgan fingerprint density at radius 3 is 2.64 bits per heavy atom. The van der Waals surface area contributed by atoms with Crippen LogP contribution in [0.2, 0.25) is 0 Å². The summed E-state index contributed by atoms with van der Waals surface area (Å²) in [6, 6.07) is 0. The van der Waals surface area contributed by atoms with E-state index in [1.807, 2.05) is 0 Å². The molecule has 0 amide bonds. The normalized spacial score (nSPS) is 8.64. The van der Waals surface area contributed by atoms with Gasteiger partial charge in [-0.15, -0.1) is 0 Å². The molecule has 0 atom stereocenters. The molecule has 14 heavy (non-hydrogen) atoms. The number of esters is 1. The molecule has 0 aliphatic rings. The standard InChI is InChI=1S/C11H16O3/c1-14-11(13)9-7-5-3-2-4-6-8-10-12/h10H,2-5,7,9H2,1H3. The predicted octanol–water partition coefficient (Wildman–Crippen LogP) is 1.70. The van der Waals surface area contributed by atoms with Gasteiger partial charge in [-0.2, -0.15) is 0 Å². The van der Waals surface area contributed by atoms with Crippen LogP contribution < -0.4 is 0 Å². The van der Waals surface area contributed by atoms with Crippen molar-refractivity contribution >= 4 is 12.3 Å². The molecule has 0 saturated carbocycles. The van der Waals surface area contributed by atoms with E-state index < -0.39 is 0 Å². The Labute approximate surface area is 84.8 Å². The summed E-state index contributed by atoms with van der Waals surface area (Å²) in [5.41, 5.74) is 0. The van der Waals surface area contributed by atoms with E-state index in [1.54, 1.807) is 0 Å². The topological polar surface area (TPSA) is 43.4 Å². The van der Waals surface area contributed by atoms with Gasteiger partial charge in [0.15, 0.2) is 6.29 Å². The minimum Gasteiger partial charge on any atom is -0.469 e. The molecule has 0 radical (unpaired) electrons. The lowest BCUT2D eigenvalue weighted by Crippen LogP contribution is -1.98. The Kier molecular flexibility index (Phi) is 8.88. The molecular formula is C11H16O3. The van der Waals surface area contributed by atoms with Crippen molar-refractivity contribution in [2.75, 3.05) is 7.11 Å². The summed E-state index contributed by atoms with van der Waals surface area (Å²) in [7, 11) is 1.40. The highest BCUT2D eigenvalue weighted by atomic mass is 16.5. The van der Waals surface area contributed by atoms with Crippen molar-refractivity contribution in [3.8, 4) is 11.8 Å². The zero-order valence-corrected chi connectivity index (χ0v) is 8.54. The lowest BCUT2D eigenvalue weighted by Gasteiger charge is -1.98. The Balaban J connectivity index is 3.14. The predicted molar refractivity (Wildman–Crippen MR) is 53.6 cm³/mol. The van der Waals surface area contributed by atoms with Gasteiger partial charge in [0.1, 0.15) is 0 Å². The molecule has 0 unspecified atom stereocenters. The summed E-state index contributed by atoms with van der Waals surface area (Å²) in [5, 5.41) is 0. The van der Waals surface area contributed by atoms with Gasteiger partial charge in [0, 0.05) is 12.8 Å². The molecule has 0 saturated heterocycles. The molecule has 0 aromatic heterocycles. The third kappa shape index (κ3) is 8.79. The van der Waals surface area contributed by atoms with Gasteiger partial charge in [-0.25, -0.2) is 0 Å². The fraction of sp³-hybridized carbons (Fsp3) is 0.636. The molecule has 0 N–H and O–H groups in total. The highest BCUT2D eigenvalue weighted by molar-refractivity contribution is 5.72.